The summed E-state index contributed by atoms with van der Waals surface area (Å²) in [4.78, 5) is 12.0. The third-order valence-corrected chi connectivity index (χ3v) is 4.04. The lowest BCUT2D eigenvalue weighted by Crippen LogP contribution is -2.30. The SMILES string of the molecule is C[C@@H](NCC(=O)Nc1ccc(Cl)cc1Cl)c1ccccc1Cl. The highest BCUT2D eigenvalue weighted by molar-refractivity contribution is 6.36. The summed E-state index contributed by atoms with van der Waals surface area (Å²) in [6.45, 7) is 2.09. The summed E-state index contributed by atoms with van der Waals surface area (Å²) < 4.78 is 0. The van der Waals surface area contributed by atoms with Gasteiger partial charge in [-0.25, -0.2) is 0 Å². The number of carbonyl (C=O) groups is 1. The van der Waals surface area contributed by atoms with Gasteiger partial charge in [0.15, 0.2) is 0 Å². The van der Waals surface area contributed by atoms with Crippen LogP contribution in [0.4, 0.5) is 5.69 Å². The Kier molecular flexibility index (Phi) is 6.09. The molecule has 6 heteroatoms. The summed E-state index contributed by atoms with van der Waals surface area (Å²) in [6, 6.07) is 12.4. The molecule has 1 atom stereocenters. The van der Waals surface area contributed by atoms with E-state index in [4.69, 9.17) is 34.8 Å². The van der Waals surface area contributed by atoms with Crippen LogP contribution >= 0.6 is 34.8 Å². The molecule has 2 aromatic carbocycles. The van der Waals surface area contributed by atoms with Crippen LogP contribution in [-0.4, -0.2) is 12.5 Å². The van der Waals surface area contributed by atoms with Crippen LogP contribution < -0.4 is 10.6 Å². The molecule has 0 fully saturated rings. The van der Waals surface area contributed by atoms with Crippen molar-refractivity contribution in [1.82, 2.24) is 5.32 Å². The standard InChI is InChI=1S/C16H15Cl3N2O/c1-10(12-4-2-3-5-13(12)18)20-9-16(22)21-15-7-6-11(17)8-14(15)19/h2-8,10,20H,9H2,1H3,(H,21,22)/t10-/m1/s1. The fourth-order valence-corrected chi connectivity index (χ4v) is 2.72. The molecule has 0 spiro atoms. The Morgan fingerprint density at radius 2 is 1.82 bits per heavy atom. The van der Waals surface area contributed by atoms with Crippen molar-refractivity contribution in [3.63, 3.8) is 0 Å². The van der Waals surface area contributed by atoms with E-state index in [-0.39, 0.29) is 18.5 Å². The minimum Gasteiger partial charge on any atom is -0.324 e. The van der Waals surface area contributed by atoms with Crippen molar-refractivity contribution in [1.29, 1.82) is 0 Å². The van der Waals surface area contributed by atoms with E-state index in [0.29, 0.717) is 20.8 Å². The summed E-state index contributed by atoms with van der Waals surface area (Å²) >= 11 is 18.0. The summed E-state index contributed by atoms with van der Waals surface area (Å²) in [6.07, 6.45) is 0. The normalized spacial score (nSPS) is 12.0. The summed E-state index contributed by atoms with van der Waals surface area (Å²) in [7, 11) is 0. The van der Waals surface area contributed by atoms with Crippen LogP contribution in [0.25, 0.3) is 0 Å². The fraction of sp³-hybridized carbons (Fsp3) is 0.188. The molecule has 22 heavy (non-hydrogen) atoms. The van der Waals surface area contributed by atoms with E-state index in [0.717, 1.165) is 5.56 Å². The summed E-state index contributed by atoms with van der Waals surface area (Å²) in [5, 5.41) is 7.45. The zero-order valence-electron chi connectivity index (χ0n) is 11.9. The van der Waals surface area contributed by atoms with Crippen molar-refractivity contribution in [3.8, 4) is 0 Å². The second kappa shape index (κ2) is 7.84. The highest BCUT2D eigenvalue weighted by atomic mass is 35.5. The zero-order valence-corrected chi connectivity index (χ0v) is 14.1. The van der Waals surface area contributed by atoms with Gasteiger partial charge in [0.1, 0.15) is 0 Å². The van der Waals surface area contributed by atoms with Gasteiger partial charge in [-0.3, -0.25) is 4.79 Å². The third kappa shape index (κ3) is 4.62. The number of anilines is 1. The van der Waals surface area contributed by atoms with Gasteiger partial charge in [0.05, 0.1) is 17.3 Å². The van der Waals surface area contributed by atoms with Gasteiger partial charge in [0.25, 0.3) is 0 Å². The highest BCUT2D eigenvalue weighted by Crippen LogP contribution is 2.25. The van der Waals surface area contributed by atoms with E-state index < -0.39 is 0 Å². The Morgan fingerprint density at radius 1 is 1.09 bits per heavy atom. The van der Waals surface area contributed by atoms with Crippen LogP contribution in [0.5, 0.6) is 0 Å². The van der Waals surface area contributed by atoms with Crippen LogP contribution in [0.15, 0.2) is 42.5 Å². The van der Waals surface area contributed by atoms with Gasteiger partial charge in [0.2, 0.25) is 5.91 Å². The molecule has 0 radical (unpaired) electrons. The molecule has 0 aliphatic carbocycles. The topological polar surface area (TPSA) is 41.1 Å². The minimum absolute atomic E-state index is 0.0415. The molecular weight excluding hydrogens is 343 g/mol. The average Bonchev–Trinajstić information content (AvgIpc) is 2.48. The first-order valence-corrected chi connectivity index (χ1v) is 7.83. The zero-order chi connectivity index (χ0) is 16.1. The predicted octanol–water partition coefficient (Wildman–Crippen LogP) is 4.94. The minimum atomic E-state index is -0.192. The molecule has 2 aromatic rings. The van der Waals surface area contributed by atoms with Crippen LogP contribution in [0.2, 0.25) is 15.1 Å². The molecule has 0 unspecified atom stereocenters. The Labute approximate surface area is 144 Å². The lowest BCUT2D eigenvalue weighted by molar-refractivity contribution is -0.115. The van der Waals surface area contributed by atoms with E-state index in [2.05, 4.69) is 10.6 Å². The largest absolute Gasteiger partial charge is 0.324 e. The van der Waals surface area contributed by atoms with Crippen molar-refractivity contribution in [2.75, 3.05) is 11.9 Å². The van der Waals surface area contributed by atoms with Crippen LogP contribution in [0, 0.1) is 0 Å². The first-order valence-electron chi connectivity index (χ1n) is 6.70. The molecule has 1 amide bonds. The van der Waals surface area contributed by atoms with Gasteiger partial charge >= 0.3 is 0 Å². The highest BCUT2D eigenvalue weighted by Gasteiger charge is 2.11. The Balaban J connectivity index is 1.91. The van der Waals surface area contributed by atoms with Crippen molar-refractivity contribution in [2.24, 2.45) is 0 Å². The molecule has 0 aliphatic rings. The number of benzene rings is 2. The molecule has 3 nitrogen and oxygen atoms in total. The van der Waals surface area contributed by atoms with Crippen LogP contribution in [0.3, 0.4) is 0 Å². The molecule has 0 saturated heterocycles. The molecule has 0 saturated carbocycles. The maximum absolute atomic E-state index is 12.0. The van der Waals surface area contributed by atoms with Gasteiger partial charge in [0, 0.05) is 16.1 Å². The third-order valence-electron chi connectivity index (χ3n) is 3.15. The van der Waals surface area contributed by atoms with Gasteiger partial charge in [-0.15, -0.1) is 0 Å². The second-order valence-electron chi connectivity index (χ2n) is 4.80. The van der Waals surface area contributed by atoms with Crippen LogP contribution in [0.1, 0.15) is 18.5 Å². The summed E-state index contributed by atoms with van der Waals surface area (Å²) in [5.74, 6) is -0.192. The van der Waals surface area contributed by atoms with Crippen LogP contribution in [-0.2, 0) is 4.79 Å². The van der Waals surface area contributed by atoms with Gasteiger partial charge in [-0.1, -0.05) is 53.0 Å². The van der Waals surface area contributed by atoms with E-state index in [1.807, 2.05) is 31.2 Å². The molecule has 0 aromatic heterocycles. The van der Waals surface area contributed by atoms with Gasteiger partial charge in [-0.2, -0.15) is 0 Å². The number of halogens is 3. The number of hydrogen-bond acceptors (Lipinski definition) is 2. The maximum atomic E-state index is 12.0. The first kappa shape index (κ1) is 17.1. The fourth-order valence-electron chi connectivity index (χ4n) is 1.97. The quantitative estimate of drug-likeness (QED) is 0.796. The number of hydrogen-bond donors (Lipinski definition) is 2. The number of amides is 1. The maximum Gasteiger partial charge on any atom is 0.238 e. The molecule has 0 aliphatic heterocycles. The second-order valence-corrected chi connectivity index (χ2v) is 6.05. The lowest BCUT2D eigenvalue weighted by Gasteiger charge is -2.15. The molecule has 0 bridgehead atoms. The van der Waals surface area contributed by atoms with E-state index in [1.165, 1.54) is 0 Å². The Hall–Kier alpha value is -1.26. The predicted molar refractivity (Wildman–Crippen MR) is 93.0 cm³/mol. The van der Waals surface area contributed by atoms with E-state index >= 15 is 0 Å². The smallest absolute Gasteiger partial charge is 0.238 e. The van der Waals surface area contributed by atoms with E-state index in [9.17, 15) is 4.79 Å². The van der Waals surface area contributed by atoms with Gasteiger partial charge < -0.3 is 10.6 Å². The number of carbonyl (C=O) groups excluding carboxylic acids is 1. The number of nitrogens with one attached hydrogen (secondary N) is 2. The Bertz CT molecular complexity index is 676. The lowest BCUT2D eigenvalue weighted by atomic mass is 10.1. The summed E-state index contributed by atoms with van der Waals surface area (Å²) in [5.41, 5.74) is 1.48. The molecule has 2 N–H and O–H groups in total. The molecular formula is C16H15Cl3N2O. The molecule has 116 valence electrons. The molecule has 2 rings (SSSR count). The van der Waals surface area contributed by atoms with Crippen molar-refractivity contribution in [3.05, 3.63) is 63.1 Å². The van der Waals surface area contributed by atoms with Gasteiger partial charge in [-0.05, 0) is 36.8 Å². The number of rotatable bonds is 5. The molecule has 0 heterocycles. The monoisotopic (exact) mass is 356 g/mol. The van der Waals surface area contributed by atoms with Crippen molar-refractivity contribution in [2.45, 2.75) is 13.0 Å². The Morgan fingerprint density at radius 3 is 2.50 bits per heavy atom. The first-order chi connectivity index (χ1) is 10.5. The van der Waals surface area contributed by atoms with Crippen molar-refractivity contribution >= 4 is 46.4 Å². The average molecular weight is 358 g/mol. The van der Waals surface area contributed by atoms with Crippen molar-refractivity contribution < 1.29 is 4.79 Å². The van der Waals surface area contributed by atoms with E-state index in [1.54, 1.807) is 18.2 Å².